The summed E-state index contributed by atoms with van der Waals surface area (Å²) in [6, 6.07) is 16.7. The van der Waals surface area contributed by atoms with Crippen LogP contribution in [-0.2, 0) is 0 Å². The van der Waals surface area contributed by atoms with Gasteiger partial charge in [0.25, 0.3) is 0 Å². The van der Waals surface area contributed by atoms with E-state index >= 15 is 0 Å². The van der Waals surface area contributed by atoms with Crippen LogP contribution in [-0.4, -0.2) is 18.1 Å². The quantitative estimate of drug-likeness (QED) is 0.307. The van der Waals surface area contributed by atoms with E-state index in [1.807, 2.05) is 36.4 Å². The number of rotatable bonds is 4. The Morgan fingerprint density at radius 2 is 1.58 bits per heavy atom. The van der Waals surface area contributed by atoms with Gasteiger partial charge in [0.1, 0.15) is 11.2 Å². The van der Waals surface area contributed by atoms with Gasteiger partial charge < -0.3 is 13.7 Å². The zero-order chi connectivity index (χ0) is 21.5. The van der Waals surface area contributed by atoms with Gasteiger partial charge in [0.2, 0.25) is 0 Å². The predicted molar refractivity (Wildman–Crippen MR) is 123 cm³/mol. The lowest BCUT2D eigenvalue weighted by atomic mass is 10.1. The van der Waals surface area contributed by atoms with Crippen LogP contribution in [0.1, 0.15) is 13.8 Å². The zero-order valence-corrected chi connectivity index (χ0v) is 17.2. The van der Waals surface area contributed by atoms with Gasteiger partial charge in [0.15, 0.2) is 0 Å². The van der Waals surface area contributed by atoms with Crippen LogP contribution in [0.4, 0.5) is 5.69 Å². The molecule has 0 bridgehead atoms. The molecule has 0 N–H and O–H groups in total. The molecule has 0 aliphatic heterocycles. The number of para-hydroxylation sites is 1. The van der Waals surface area contributed by atoms with Crippen LogP contribution >= 0.6 is 0 Å². The third-order valence-electron chi connectivity index (χ3n) is 5.63. The molecule has 0 unspecified atom stereocenters. The zero-order valence-electron chi connectivity index (χ0n) is 17.2. The van der Waals surface area contributed by atoms with Crippen molar-refractivity contribution in [3.05, 3.63) is 81.6 Å². The molecule has 3 aromatic heterocycles. The lowest BCUT2D eigenvalue weighted by molar-refractivity contribution is 0.563. The van der Waals surface area contributed by atoms with E-state index in [-0.39, 0.29) is 0 Å². The van der Waals surface area contributed by atoms with E-state index in [0.717, 1.165) is 29.5 Å². The highest BCUT2D eigenvalue weighted by molar-refractivity contribution is 6.05. The van der Waals surface area contributed by atoms with Crippen LogP contribution < -0.4 is 16.2 Å². The second-order valence-electron chi connectivity index (χ2n) is 7.34. The maximum Gasteiger partial charge on any atom is 0.345 e. The highest BCUT2D eigenvalue weighted by atomic mass is 16.4. The van der Waals surface area contributed by atoms with E-state index < -0.39 is 11.3 Å². The van der Waals surface area contributed by atoms with Crippen molar-refractivity contribution in [1.82, 2.24) is 4.98 Å². The minimum absolute atomic E-state index is 0.349. The van der Waals surface area contributed by atoms with Crippen molar-refractivity contribution in [3.8, 4) is 11.3 Å². The van der Waals surface area contributed by atoms with Crippen molar-refractivity contribution in [1.29, 1.82) is 0 Å². The average molecular weight is 412 g/mol. The van der Waals surface area contributed by atoms with E-state index in [2.05, 4.69) is 23.7 Å². The molecule has 0 spiro atoms. The molecule has 5 aromatic rings. The Bertz CT molecular complexity index is 1560. The first-order chi connectivity index (χ1) is 15.1. The molecule has 0 aliphatic carbocycles. The van der Waals surface area contributed by atoms with Gasteiger partial charge in [-0.2, -0.15) is 0 Å². The molecule has 6 nitrogen and oxygen atoms in total. The summed E-state index contributed by atoms with van der Waals surface area (Å²) in [4.78, 5) is 31.7. The molecular weight excluding hydrogens is 392 g/mol. The van der Waals surface area contributed by atoms with Crippen LogP contribution in [0.15, 0.2) is 79.2 Å². The number of anilines is 1. The number of hydrogen-bond donors (Lipinski definition) is 0. The van der Waals surface area contributed by atoms with E-state index in [1.54, 1.807) is 18.2 Å². The molecule has 3 heterocycles. The predicted octanol–water partition coefficient (Wildman–Crippen LogP) is 4.96. The first kappa shape index (κ1) is 19.1. The van der Waals surface area contributed by atoms with Gasteiger partial charge in [-0.05, 0) is 44.2 Å². The summed E-state index contributed by atoms with van der Waals surface area (Å²) in [5.41, 5.74) is 1.91. The maximum atomic E-state index is 12.8. The van der Waals surface area contributed by atoms with Gasteiger partial charge in [-0.15, -0.1) is 0 Å². The largest absolute Gasteiger partial charge is 0.422 e. The van der Waals surface area contributed by atoms with Crippen LogP contribution in [0, 0.1) is 0 Å². The second kappa shape index (κ2) is 7.40. The minimum atomic E-state index is -0.469. The molecule has 154 valence electrons. The Hall–Kier alpha value is -3.93. The van der Waals surface area contributed by atoms with Crippen LogP contribution in [0.2, 0.25) is 0 Å². The molecule has 5 rings (SSSR count). The molecule has 0 saturated carbocycles. The van der Waals surface area contributed by atoms with Crippen molar-refractivity contribution in [2.45, 2.75) is 13.8 Å². The third-order valence-corrected chi connectivity index (χ3v) is 5.63. The number of benzene rings is 2. The van der Waals surface area contributed by atoms with Gasteiger partial charge in [-0.1, -0.05) is 18.2 Å². The fraction of sp³-hybridized carbons (Fsp3) is 0.160. The Labute approximate surface area is 177 Å². The summed E-state index contributed by atoms with van der Waals surface area (Å²) in [6.45, 7) is 5.91. The number of pyridine rings is 1. The molecule has 0 fully saturated rings. The first-order valence-electron chi connectivity index (χ1n) is 10.2. The molecule has 0 atom stereocenters. The molecule has 6 heteroatoms. The van der Waals surface area contributed by atoms with Crippen molar-refractivity contribution < 1.29 is 8.83 Å². The normalized spacial score (nSPS) is 11.4. The number of nitrogens with zero attached hydrogens (tertiary/aromatic N) is 2. The van der Waals surface area contributed by atoms with E-state index in [9.17, 15) is 9.59 Å². The molecule has 0 aliphatic rings. The Morgan fingerprint density at radius 3 is 2.39 bits per heavy atom. The monoisotopic (exact) mass is 412 g/mol. The van der Waals surface area contributed by atoms with Crippen molar-refractivity contribution in [2.75, 3.05) is 18.0 Å². The first-order valence-corrected chi connectivity index (χ1v) is 10.2. The fourth-order valence-corrected chi connectivity index (χ4v) is 3.99. The van der Waals surface area contributed by atoms with Gasteiger partial charge in [-0.25, -0.2) is 9.59 Å². The summed E-state index contributed by atoms with van der Waals surface area (Å²) in [5.74, 6) is 0. The van der Waals surface area contributed by atoms with E-state index in [0.29, 0.717) is 33.2 Å². The van der Waals surface area contributed by atoms with Gasteiger partial charge in [0.05, 0.1) is 16.6 Å². The Kier molecular flexibility index (Phi) is 4.55. The Morgan fingerprint density at radius 1 is 0.806 bits per heavy atom. The van der Waals surface area contributed by atoms with Crippen LogP contribution in [0.3, 0.4) is 0 Å². The van der Waals surface area contributed by atoms with Crippen molar-refractivity contribution >= 4 is 38.4 Å². The summed E-state index contributed by atoms with van der Waals surface area (Å²) >= 11 is 0. The summed E-state index contributed by atoms with van der Waals surface area (Å²) in [7, 11) is 0. The van der Waals surface area contributed by atoms with Gasteiger partial charge in [-0.3, -0.25) is 4.98 Å². The van der Waals surface area contributed by atoms with E-state index in [1.165, 1.54) is 6.20 Å². The molecule has 0 radical (unpaired) electrons. The third kappa shape index (κ3) is 3.17. The summed E-state index contributed by atoms with van der Waals surface area (Å²) in [6.07, 6.45) is 1.45. The fourth-order valence-electron chi connectivity index (χ4n) is 3.99. The maximum absolute atomic E-state index is 12.8. The highest BCUT2D eigenvalue weighted by Crippen LogP contribution is 2.28. The van der Waals surface area contributed by atoms with Gasteiger partial charge >= 0.3 is 11.3 Å². The highest BCUT2D eigenvalue weighted by Gasteiger charge is 2.14. The standard InChI is InChI=1S/C25H20N2O4/c1-3-27(4-2)16-10-9-15-11-19(24(28)31-23(15)12-16)21-13-18-17-7-5-6-8-22(17)30-25(29)20(18)14-26-21/h5-14H,3-4H2,1-2H3. The topological polar surface area (TPSA) is 76.6 Å². The summed E-state index contributed by atoms with van der Waals surface area (Å²) in [5, 5.41) is 2.66. The van der Waals surface area contributed by atoms with E-state index in [4.69, 9.17) is 8.83 Å². The SMILES string of the molecule is CCN(CC)c1ccc2cc(-c3cc4c(cn3)c(=O)oc3ccccc34)c(=O)oc2c1. The van der Waals surface area contributed by atoms with Crippen molar-refractivity contribution in [3.63, 3.8) is 0 Å². The second-order valence-corrected chi connectivity index (χ2v) is 7.34. The number of fused-ring (bicyclic) bond motifs is 4. The Balaban J connectivity index is 1.70. The molecule has 31 heavy (non-hydrogen) atoms. The molecule has 0 amide bonds. The van der Waals surface area contributed by atoms with Crippen molar-refractivity contribution in [2.24, 2.45) is 0 Å². The van der Waals surface area contributed by atoms with Crippen LogP contribution in [0.5, 0.6) is 0 Å². The summed E-state index contributed by atoms with van der Waals surface area (Å²) < 4.78 is 11.0. The molecule has 2 aromatic carbocycles. The molecule has 0 saturated heterocycles. The average Bonchev–Trinajstić information content (AvgIpc) is 2.79. The number of hydrogen-bond acceptors (Lipinski definition) is 6. The smallest absolute Gasteiger partial charge is 0.345 e. The van der Waals surface area contributed by atoms with Gasteiger partial charge in [0, 0.05) is 47.2 Å². The lowest BCUT2D eigenvalue weighted by Gasteiger charge is -2.21. The number of aromatic nitrogens is 1. The minimum Gasteiger partial charge on any atom is -0.422 e. The van der Waals surface area contributed by atoms with Crippen LogP contribution in [0.25, 0.3) is 44.0 Å². The molecular formula is C25H20N2O4. The lowest BCUT2D eigenvalue weighted by Crippen LogP contribution is -2.21.